The van der Waals surface area contributed by atoms with Gasteiger partial charge in [0.15, 0.2) is 5.58 Å². The van der Waals surface area contributed by atoms with Crippen LogP contribution in [0.4, 0.5) is 0 Å². The zero-order chi connectivity index (χ0) is 15.3. The molecule has 1 aromatic heterocycles. The van der Waals surface area contributed by atoms with E-state index in [2.05, 4.69) is 16.9 Å². The average Bonchev–Trinajstić information content (AvgIpc) is 3.07. The molecule has 4 rings (SSSR count). The van der Waals surface area contributed by atoms with E-state index >= 15 is 0 Å². The van der Waals surface area contributed by atoms with E-state index in [0.717, 1.165) is 32.6 Å². The molecule has 1 amide bonds. The summed E-state index contributed by atoms with van der Waals surface area (Å²) in [6.45, 7) is 3.85. The minimum absolute atomic E-state index is 0.0304. The molecule has 1 N–H and O–H groups in total. The molecule has 2 saturated heterocycles. The number of carbonyl (C=O) groups excluding carboxylic acids is 1. The molecule has 2 unspecified atom stereocenters. The number of benzene rings is 1. The molecule has 0 radical (unpaired) electrons. The van der Waals surface area contributed by atoms with Crippen LogP contribution in [0.1, 0.15) is 16.8 Å². The Kier molecular flexibility index (Phi) is 3.07. The molecule has 6 heteroatoms. The van der Waals surface area contributed by atoms with E-state index in [1.165, 1.54) is 0 Å². The zero-order valence-electron chi connectivity index (χ0n) is 12.5. The van der Waals surface area contributed by atoms with Crippen LogP contribution in [0.3, 0.4) is 0 Å². The second kappa shape index (κ2) is 4.98. The topological polar surface area (TPSA) is 69.6 Å². The largest absolute Gasteiger partial charge is 0.417 e. The van der Waals surface area contributed by atoms with Gasteiger partial charge < -0.3 is 14.2 Å². The fourth-order valence-corrected chi connectivity index (χ4v) is 3.78. The van der Waals surface area contributed by atoms with E-state index in [-0.39, 0.29) is 5.91 Å². The van der Waals surface area contributed by atoms with Crippen LogP contribution in [-0.4, -0.2) is 53.9 Å². The smallest absolute Gasteiger partial charge is 0.408 e. The molecule has 22 heavy (non-hydrogen) atoms. The number of hydrogen-bond acceptors (Lipinski definition) is 4. The Morgan fingerprint density at radius 2 is 2.09 bits per heavy atom. The minimum atomic E-state index is -0.491. The number of carbonyl (C=O) groups is 1. The van der Waals surface area contributed by atoms with Gasteiger partial charge in [0, 0.05) is 25.2 Å². The molecule has 0 aliphatic carbocycles. The third kappa shape index (κ3) is 2.23. The molecule has 2 aliphatic rings. The Labute approximate surface area is 127 Å². The lowest BCUT2D eigenvalue weighted by Crippen LogP contribution is -2.37. The normalized spacial score (nSPS) is 25.6. The minimum Gasteiger partial charge on any atom is -0.408 e. The van der Waals surface area contributed by atoms with Crippen molar-refractivity contribution in [3.05, 3.63) is 34.3 Å². The summed E-state index contributed by atoms with van der Waals surface area (Å²) >= 11 is 0. The monoisotopic (exact) mass is 301 g/mol. The van der Waals surface area contributed by atoms with Gasteiger partial charge in [0.1, 0.15) is 0 Å². The van der Waals surface area contributed by atoms with E-state index in [0.29, 0.717) is 28.5 Å². The van der Waals surface area contributed by atoms with Crippen LogP contribution in [0.25, 0.3) is 11.1 Å². The van der Waals surface area contributed by atoms with Gasteiger partial charge in [-0.2, -0.15) is 0 Å². The van der Waals surface area contributed by atoms with Crippen LogP contribution in [0, 0.1) is 11.8 Å². The lowest BCUT2D eigenvalue weighted by Gasteiger charge is -2.31. The summed E-state index contributed by atoms with van der Waals surface area (Å²) < 4.78 is 5.04. The van der Waals surface area contributed by atoms with Crippen molar-refractivity contribution in [2.75, 3.05) is 33.2 Å². The summed E-state index contributed by atoms with van der Waals surface area (Å²) in [5.74, 6) is 0.739. The van der Waals surface area contributed by atoms with Gasteiger partial charge in [-0.05, 0) is 50.0 Å². The molecule has 0 bridgehead atoms. The lowest BCUT2D eigenvalue weighted by molar-refractivity contribution is 0.0784. The standard InChI is InChI=1S/C16H19N3O3/c1-18-5-4-11-8-19(9-12(11)7-18)15(20)10-2-3-13-14(6-10)22-16(21)17-13/h2-3,6,11-12H,4-5,7-9H2,1H3,(H,17,21). The number of fused-ring (bicyclic) bond motifs is 2. The van der Waals surface area contributed by atoms with Crippen LogP contribution < -0.4 is 5.76 Å². The molecule has 2 aromatic rings. The van der Waals surface area contributed by atoms with Crippen LogP contribution in [0.2, 0.25) is 0 Å². The van der Waals surface area contributed by atoms with Gasteiger partial charge in [0.05, 0.1) is 5.52 Å². The van der Waals surface area contributed by atoms with Crippen molar-refractivity contribution in [2.24, 2.45) is 11.8 Å². The highest BCUT2D eigenvalue weighted by Crippen LogP contribution is 2.31. The molecule has 6 nitrogen and oxygen atoms in total. The maximum Gasteiger partial charge on any atom is 0.417 e. The summed E-state index contributed by atoms with van der Waals surface area (Å²) in [5, 5.41) is 0. The van der Waals surface area contributed by atoms with Gasteiger partial charge in [-0.1, -0.05) is 0 Å². The Morgan fingerprint density at radius 1 is 1.27 bits per heavy atom. The number of oxazole rings is 1. The molecule has 1 aromatic carbocycles. The third-order valence-electron chi connectivity index (χ3n) is 4.96. The molecule has 2 atom stereocenters. The Morgan fingerprint density at radius 3 is 2.95 bits per heavy atom. The van der Waals surface area contributed by atoms with Crippen molar-refractivity contribution >= 4 is 17.0 Å². The second-order valence-electron chi connectivity index (χ2n) is 6.51. The van der Waals surface area contributed by atoms with Gasteiger partial charge in [-0.25, -0.2) is 4.79 Å². The SMILES string of the molecule is CN1CCC2CN(C(=O)c3ccc4[nH]c(=O)oc4c3)CC2C1. The van der Waals surface area contributed by atoms with Crippen molar-refractivity contribution in [3.8, 4) is 0 Å². The van der Waals surface area contributed by atoms with Gasteiger partial charge in [0.2, 0.25) is 0 Å². The predicted molar refractivity (Wildman–Crippen MR) is 81.8 cm³/mol. The molecule has 0 spiro atoms. The first-order chi connectivity index (χ1) is 10.6. The summed E-state index contributed by atoms with van der Waals surface area (Å²) in [6.07, 6.45) is 1.16. The molecular formula is C16H19N3O3. The number of piperidine rings is 1. The quantitative estimate of drug-likeness (QED) is 0.857. The number of nitrogens with one attached hydrogen (secondary N) is 1. The van der Waals surface area contributed by atoms with E-state index in [9.17, 15) is 9.59 Å². The van der Waals surface area contributed by atoms with Crippen LogP contribution in [-0.2, 0) is 0 Å². The van der Waals surface area contributed by atoms with Gasteiger partial charge in [-0.3, -0.25) is 9.78 Å². The summed E-state index contributed by atoms with van der Waals surface area (Å²) in [6, 6.07) is 5.14. The van der Waals surface area contributed by atoms with Gasteiger partial charge in [0.25, 0.3) is 5.91 Å². The maximum absolute atomic E-state index is 12.7. The van der Waals surface area contributed by atoms with Gasteiger partial charge >= 0.3 is 5.76 Å². The highest BCUT2D eigenvalue weighted by Gasteiger charge is 2.38. The van der Waals surface area contributed by atoms with Crippen LogP contribution in [0.15, 0.2) is 27.4 Å². The third-order valence-corrected chi connectivity index (χ3v) is 4.96. The van der Waals surface area contributed by atoms with Crippen molar-refractivity contribution in [3.63, 3.8) is 0 Å². The molecule has 2 aliphatic heterocycles. The van der Waals surface area contributed by atoms with E-state index in [1.807, 2.05) is 4.90 Å². The Bertz CT molecular complexity index is 778. The first-order valence-electron chi connectivity index (χ1n) is 7.71. The first-order valence-corrected chi connectivity index (χ1v) is 7.71. The summed E-state index contributed by atoms with van der Waals surface area (Å²) in [5.41, 5.74) is 1.65. The predicted octanol–water partition coefficient (Wildman–Crippen LogP) is 1.14. The molecule has 2 fully saturated rings. The van der Waals surface area contributed by atoms with E-state index < -0.39 is 5.76 Å². The fraction of sp³-hybridized carbons (Fsp3) is 0.500. The Balaban J connectivity index is 1.57. The lowest BCUT2D eigenvalue weighted by atomic mass is 9.89. The number of aromatic amines is 1. The fourth-order valence-electron chi connectivity index (χ4n) is 3.78. The molecule has 116 valence electrons. The first kappa shape index (κ1) is 13.6. The summed E-state index contributed by atoms with van der Waals surface area (Å²) in [7, 11) is 2.14. The maximum atomic E-state index is 12.7. The number of aromatic nitrogens is 1. The van der Waals surface area contributed by atoms with Crippen molar-refractivity contribution in [1.29, 1.82) is 0 Å². The highest BCUT2D eigenvalue weighted by molar-refractivity contribution is 5.97. The number of H-pyrrole nitrogens is 1. The van der Waals surface area contributed by atoms with Gasteiger partial charge in [-0.15, -0.1) is 0 Å². The van der Waals surface area contributed by atoms with Crippen molar-refractivity contribution < 1.29 is 9.21 Å². The zero-order valence-corrected chi connectivity index (χ0v) is 12.5. The number of likely N-dealkylation sites (tertiary alicyclic amines) is 2. The average molecular weight is 301 g/mol. The highest BCUT2D eigenvalue weighted by atomic mass is 16.4. The van der Waals surface area contributed by atoms with E-state index in [4.69, 9.17) is 4.42 Å². The van der Waals surface area contributed by atoms with Crippen molar-refractivity contribution in [1.82, 2.24) is 14.8 Å². The van der Waals surface area contributed by atoms with Crippen molar-refractivity contribution in [2.45, 2.75) is 6.42 Å². The molecular weight excluding hydrogens is 282 g/mol. The second-order valence-corrected chi connectivity index (χ2v) is 6.51. The number of amides is 1. The molecule has 0 saturated carbocycles. The van der Waals surface area contributed by atoms with E-state index in [1.54, 1.807) is 18.2 Å². The summed E-state index contributed by atoms with van der Waals surface area (Å²) in [4.78, 5) is 30.8. The molecule has 3 heterocycles. The number of hydrogen-bond donors (Lipinski definition) is 1. The number of rotatable bonds is 1. The number of nitrogens with zero attached hydrogens (tertiary/aromatic N) is 2. The Hall–Kier alpha value is -2.08. The van der Waals surface area contributed by atoms with Crippen LogP contribution in [0.5, 0.6) is 0 Å². The van der Waals surface area contributed by atoms with Crippen LogP contribution >= 0.6 is 0 Å².